The number of likely N-dealkylation sites (tertiary alicyclic amines) is 2. The highest BCUT2D eigenvalue weighted by Gasteiger charge is 2.52. The minimum absolute atomic E-state index is 0.0392. The number of piperidine rings is 2. The normalized spacial score (nSPS) is 27.6. The SMILES string of the molecule is CC1CC[N+](C(=O)O)(c2nn(C(=O)N3CCC(C(F)(F)F)CC3)c3ccccc23)C(N)C1. The summed E-state index contributed by atoms with van der Waals surface area (Å²) in [6.07, 6.45) is -5.36. The Morgan fingerprint density at radius 3 is 2.44 bits per heavy atom. The number of rotatable bonds is 1. The monoisotopic (exact) mass is 454 g/mol. The summed E-state index contributed by atoms with van der Waals surface area (Å²) >= 11 is 0. The van der Waals surface area contributed by atoms with Crippen LogP contribution in [-0.2, 0) is 0 Å². The molecule has 11 heteroatoms. The second kappa shape index (κ2) is 8.04. The van der Waals surface area contributed by atoms with Crippen molar-refractivity contribution in [3.63, 3.8) is 0 Å². The lowest BCUT2D eigenvalue weighted by atomic mass is 9.94. The van der Waals surface area contributed by atoms with Gasteiger partial charge in [0.25, 0.3) is 5.82 Å². The topological polar surface area (TPSA) is 101 Å². The van der Waals surface area contributed by atoms with E-state index in [-0.39, 0.29) is 44.2 Å². The van der Waals surface area contributed by atoms with Gasteiger partial charge in [0.1, 0.15) is 0 Å². The van der Waals surface area contributed by atoms with Crippen molar-refractivity contribution in [1.29, 1.82) is 0 Å². The van der Waals surface area contributed by atoms with Gasteiger partial charge in [-0.05, 0) is 30.9 Å². The third-order valence-electron chi connectivity index (χ3n) is 6.88. The lowest BCUT2D eigenvalue weighted by molar-refractivity contribution is -0.183. The van der Waals surface area contributed by atoms with E-state index in [1.54, 1.807) is 24.3 Å². The number of hydrogen-bond acceptors (Lipinski definition) is 4. The third-order valence-corrected chi connectivity index (χ3v) is 6.88. The Balaban J connectivity index is 1.73. The van der Waals surface area contributed by atoms with Gasteiger partial charge in [0.15, 0.2) is 6.17 Å². The van der Waals surface area contributed by atoms with E-state index < -0.39 is 34.9 Å². The van der Waals surface area contributed by atoms with Crippen molar-refractivity contribution in [2.75, 3.05) is 19.6 Å². The van der Waals surface area contributed by atoms with Gasteiger partial charge in [-0.2, -0.15) is 27.1 Å². The van der Waals surface area contributed by atoms with Crippen LogP contribution < -0.4 is 10.2 Å². The maximum absolute atomic E-state index is 13.2. The molecule has 0 radical (unpaired) electrons. The number of aromatic nitrogens is 2. The van der Waals surface area contributed by atoms with Crippen LogP contribution in [0, 0.1) is 11.8 Å². The molecule has 32 heavy (non-hydrogen) atoms. The molecular weight excluding hydrogens is 427 g/mol. The van der Waals surface area contributed by atoms with E-state index in [1.165, 1.54) is 4.90 Å². The van der Waals surface area contributed by atoms with Gasteiger partial charge in [-0.1, -0.05) is 19.1 Å². The van der Waals surface area contributed by atoms with Gasteiger partial charge in [-0.3, -0.25) is 5.73 Å². The van der Waals surface area contributed by atoms with Crippen LogP contribution in [0.2, 0.25) is 0 Å². The number of amides is 2. The lowest BCUT2D eigenvalue weighted by Gasteiger charge is -2.40. The highest BCUT2D eigenvalue weighted by atomic mass is 19.4. The molecule has 0 bridgehead atoms. The fraction of sp³-hybridized carbons (Fsp3) is 0.571. The maximum Gasteiger partial charge on any atom is 0.521 e. The Bertz CT molecular complexity index is 1030. The minimum Gasteiger partial charge on any atom is -0.435 e. The minimum atomic E-state index is -4.28. The van der Waals surface area contributed by atoms with E-state index in [2.05, 4.69) is 5.10 Å². The number of para-hydroxylation sites is 1. The Morgan fingerprint density at radius 1 is 1.19 bits per heavy atom. The zero-order valence-corrected chi connectivity index (χ0v) is 17.8. The Hall–Kier alpha value is -2.66. The summed E-state index contributed by atoms with van der Waals surface area (Å²) in [4.78, 5) is 27.1. The maximum atomic E-state index is 13.2. The molecule has 0 saturated carbocycles. The molecule has 1 aromatic carbocycles. The van der Waals surface area contributed by atoms with Crippen molar-refractivity contribution in [3.8, 4) is 0 Å². The van der Waals surface area contributed by atoms with E-state index in [0.717, 1.165) is 4.68 Å². The summed E-state index contributed by atoms with van der Waals surface area (Å²) in [5, 5.41) is 15.1. The van der Waals surface area contributed by atoms with E-state index in [0.29, 0.717) is 23.7 Å². The number of quaternary nitrogens is 1. The number of benzene rings is 1. The summed E-state index contributed by atoms with van der Waals surface area (Å²) < 4.78 is 39.5. The molecule has 3 heterocycles. The largest absolute Gasteiger partial charge is 0.521 e. The Kier molecular flexibility index (Phi) is 5.66. The molecule has 4 rings (SSSR count). The first kappa shape index (κ1) is 22.5. The van der Waals surface area contributed by atoms with E-state index in [1.807, 2.05) is 6.92 Å². The fourth-order valence-corrected chi connectivity index (χ4v) is 4.91. The van der Waals surface area contributed by atoms with Crippen molar-refractivity contribution >= 4 is 28.8 Å². The molecule has 0 aliphatic carbocycles. The van der Waals surface area contributed by atoms with Crippen molar-refractivity contribution in [1.82, 2.24) is 19.2 Å². The number of carbonyl (C=O) groups is 2. The smallest absolute Gasteiger partial charge is 0.435 e. The molecule has 2 fully saturated rings. The molecule has 3 unspecified atom stereocenters. The number of carbonyl (C=O) groups excluding carboxylic acids is 1. The van der Waals surface area contributed by atoms with Crippen LogP contribution in [-0.4, -0.2) is 63.9 Å². The van der Waals surface area contributed by atoms with E-state index >= 15 is 0 Å². The number of carboxylic acid groups (broad SMARTS) is 1. The summed E-state index contributed by atoms with van der Waals surface area (Å²) in [5.41, 5.74) is 6.76. The molecule has 2 aliphatic heterocycles. The van der Waals surface area contributed by atoms with Gasteiger partial charge < -0.3 is 10.0 Å². The first-order valence-corrected chi connectivity index (χ1v) is 10.8. The van der Waals surface area contributed by atoms with Gasteiger partial charge in [-0.15, -0.1) is 5.10 Å². The summed E-state index contributed by atoms with van der Waals surface area (Å²) in [7, 11) is 0. The number of alkyl halides is 3. The van der Waals surface area contributed by atoms with Crippen molar-refractivity contribution in [2.24, 2.45) is 17.6 Å². The van der Waals surface area contributed by atoms with Crippen molar-refractivity contribution in [3.05, 3.63) is 24.3 Å². The fourth-order valence-electron chi connectivity index (χ4n) is 4.91. The second-order valence-electron chi connectivity index (χ2n) is 8.91. The van der Waals surface area contributed by atoms with Crippen LogP contribution in [0.25, 0.3) is 10.9 Å². The second-order valence-corrected chi connectivity index (χ2v) is 8.91. The average Bonchev–Trinajstić information content (AvgIpc) is 3.13. The van der Waals surface area contributed by atoms with Crippen molar-refractivity contribution < 1.29 is 27.9 Å². The van der Waals surface area contributed by atoms with Gasteiger partial charge in [0.05, 0.1) is 23.4 Å². The third kappa shape index (κ3) is 3.62. The van der Waals surface area contributed by atoms with Gasteiger partial charge >= 0.3 is 18.3 Å². The molecule has 8 nitrogen and oxygen atoms in total. The Labute approximate surface area is 183 Å². The molecule has 2 aromatic rings. The zero-order valence-electron chi connectivity index (χ0n) is 17.8. The summed E-state index contributed by atoms with van der Waals surface area (Å²) in [5.74, 6) is -0.975. The predicted molar refractivity (Wildman–Crippen MR) is 112 cm³/mol. The molecule has 174 valence electrons. The summed E-state index contributed by atoms with van der Waals surface area (Å²) in [6, 6.07) is 6.23. The molecule has 0 spiro atoms. The molecular formula is C21H27F3N5O3+. The first-order valence-electron chi connectivity index (χ1n) is 10.8. The highest BCUT2D eigenvalue weighted by molar-refractivity contribution is 6.00. The van der Waals surface area contributed by atoms with Crippen LogP contribution >= 0.6 is 0 Å². The molecule has 2 amide bonds. The van der Waals surface area contributed by atoms with Crippen LogP contribution in [0.4, 0.5) is 28.6 Å². The Morgan fingerprint density at radius 2 is 1.84 bits per heavy atom. The quantitative estimate of drug-likeness (QED) is 0.635. The van der Waals surface area contributed by atoms with Crippen LogP contribution in [0.3, 0.4) is 0 Å². The summed E-state index contributed by atoms with van der Waals surface area (Å²) in [6.45, 7) is 2.18. The van der Waals surface area contributed by atoms with Crippen LogP contribution in [0.1, 0.15) is 32.6 Å². The van der Waals surface area contributed by atoms with Gasteiger partial charge in [0.2, 0.25) is 0 Å². The first-order chi connectivity index (χ1) is 15.1. The van der Waals surface area contributed by atoms with Crippen LogP contribution in [0.15, 0.2) is 24.3 Å². The number of hydrogen-bond donors (Lipinski definition) is 2. The standard InChI is InChI=1S/C21H26F3N5O3/c1-13-8-11-29(20(31)32,17(25)12-13)18-15-4-2-3-5-16(15)28(26-18)19(30)27-9-6-14(7-10-27)21(22,23)24/h2-5,13-14,17H,6-12,25H2,1H3/p+1. The van der Waals surface area contributed by atoms with Crippen LogP contribution in [0.5, 0.6) is 0 Å². The number of nitrogens with two attached hydrogens (primary N) is 1. The average molecular weight is 454 g/mol. The molecule has 2 aliphatic rings. The number of nitrogens with zero attached hydrogens (tertiary/aromatic N) is 4. The predicted octanol–water partition coefficient (Wildman–Crippen LogP) is 3.98. The van der Waals surface area contributed by atoms with E-state index in [9.17, 15) is 27.9 Å². The zero-order chi connectivity index (χ0) is 23.3. The molecule has 1 aromatic heterocycles. The van der Waals surface area contributed by atoms with E-state index in [4.69, 9.17) is 5.73 Å². The molecule has 2 saturated heterocycles. The van der Waals surface area contributed by atoms with Crippen molar-refractivity contribution in [2.45, 2.75) is 44.9 Å². The number of fused-ring (bicyclic) bond motifs is 1. The molecule has 3 atom stereocenters. The lowest BCUT2D eigenvalue weighted by Crippen LogP contribution is -2.67. The highest BCUT2D eigenvalue weighted by Crippen LogP contribution is 2.39. The van der Waals surface area contributed by atoms with Gasteiger partial charge in [-0.25, -0.2) is 4.79 Å². The molecule has 3 N–H and O–H groups in total. The number of halogens is 3. The van der Waals surface area contributed by atoms with Gasteiger partial charge in [0, 0.05) is 25.9 Å².